The predicted molar refractivity (Wildman–Crippen MR) is 77.5 cm³/mol. The lowest BCUT2D eigenvalue weighted by molar-refractivity contribution is 0.987. The summed E-state index contributed by atoms with van der Waals surface area (Å²) in [6.07, 6.45) is 2.78. The molecule has 0 saturated carbocycles. The summed E-state index contributed by atoms with van der Waals surface area (Å²) >= 11 is 17.7. The summed E-state index contributed by atoms with van der Waals surface area (Å²) in [4.78, 5) is 11.2. The molecule has 98 valence electrons. The Morgan fingerprint density at radius 2 is 1.95 bits per heavy atom. The Balaban J connectivity index is 2.21. The second kappa shape index (κ2) is 6.06. The lowest BCUT2D eigenvalue weighted by atomic mass is 10.2. The summed E-state index contributed by atoms with van der Waals surface area (Å²) in [7, 11) is 0. The lowest BCUT2D eigenvalue weighted by Crippen LogP contribution is -2.10. The number of aromatic nitrogens is 2. The first-order valence-electron chi connectivity index (χ1n) is 5.06. The highest BCUT2D eigenvalue weighted by atomic mass is 35.5. The molecule has 2 aromatic rings. The minimum atomic E-state index is -0.502. The van der Waals surface area contributed by atoms with Crippen molar-refractivity contribution in [2.45, 2.75) is 0 Å². The van der Waals surface area contributed by atoms with Gasteiger partial charge in [-0.05, 0) is 12.1 Å². The van der Waals surface area contributed by atoms with Crippen LogP contribution in [-0.2, 0) is 0 Å². The Kier molecular flexibility index (Phi) is 4.42. The molecule has 0 aliphatic heterocycles. The van der Waals surface area contributed by atoms with Gasteiger partial charge in [0.05, 0.1) is 22.5 Å². The molecule has 0 spiro atoms. The van der Waals surface area contributed by atoms with Crippen molar-refractivity contribution >= 4 is 46.7 Å². The van der Waals surface area contributed by atoms with Crippen molar-refractivity contribution in [2.75, 3.05) is 5.43 Å². The van der Waals surface area contributed by atoms with Crippen molar-refractivity contribution in [2.24, 2.45) is 5.10 Å². The van der Waals surface area contributed by atoms with Gasteiger partial charge in [0.2, 0.25) is 0 Å². The zero-order chi connectivity index (χ0) is 13.8. The van der Waals surface area contributed by atoms with E-state index < -0.39 is 5.56 Å². The van der Waals surface area contributed by atoms with Crippen molar-refractivity contribution in [3.63, 3.8) is 0 Å². The summed E-state index contributed by atoms with van der Waals surface area (Å²) in [6.45, 7) is 0. The molecule has 0 radical (unpaired) electrons. The highest BCUT2D eigenvalue weighted by molar-refractivity contribution is 6.38. The van der Waals surface area contributed by atoms with Crippen LogP contribution in [0.15, 0.2) is 34.3 Å². The standard InChI is InChI=1S/C11H7Cl3N4O/c12-7-2-1-3-8(13)6(7)4-15-17-9-5-16-18-11(19)10(9)14/h1-5H,(H2,17,18,19)/b15-4+. The number of rotatable bonds is 3. The molecule has 0 saturated heterocycles. The molecule has 0 aliphatic carbocycles. The van der Waals surface area contributed by atoms with E-state index in [9.17, 15) is 4.79 Å². The maximum Gasteiger partial charge on any atom is 0.285 e. The van der Waals surface area contributed by atoms with Crippen LogP contribution in [0.3, 0.4) is 0 Å². The molecule has 2 N–H and O–H groups in total. The topological polar surface area (TPSA) is 70.1 Å². The van der Waals surface area contributed by atoms with Gasteiger partial charge in [0.25, 0.3) is 5.56 Å². The van der Waals surface area contributed by atoms with Crippen LogP contribution in [0.1, 0.15) is 5.56 Å². The van der Waals surface area contributed by atoms with Crippen molar-refractivity contribution < 1.29 is 0 Å². The van der Waals surface area contributed by atoms with Crippen LogP contribution in [0, 0.1) is 0 Å². The minimum absolute atomic E-state index is 0.0302. The van der Waals surface area contributed by atoms with Gasteiger partial charge >= 0.3 is 0 Å². The van der Waals surface area contributed by atoms with Gasteiger partial charge in [0, 0.05) is 5.56 Å². The van der Waals surface area contributed by atoms with E-state index >= 15 is 0 Å². The molecule has 8 heteroatoms. The van der Waals surface area contributed by atoms with Gasteiger partial charge in [0.15, 0.2) is 0 Å². The third kappa shape index (κ3) is 3.26. The van der Waals surface area contributed by atoms with Crippen molar-refractivity contribution in [1.29, 1.82) is 0 Å². The number of nitrogens with one attached hydrogen (secondary N) is 2. The number of hydrogen-bond donors (Lipinski definition) is 2. The van der Waals surface area contributed by atoms with Gasteiger partial charge in [-0.25, -0.2) is 5.10 Å². The zero-order valence-corrected chi connectivity index (χ0v) is 11.6. The fourth-order valence-electron chi connectivity index (χ4n) is 1.26. The largest absolute Gasteiger partial charge is 0.285 e. The van der Waals surface area contributed by atoms with Crippen LogP contribution in [-0.4, -0.2) is 16.4 Å². The molecule has 0 atom stereocenters. The van der Waals surface area contributed by atoms with Crippen LogP contribution in [0.2, 0.25) is 15.1 Å². The van der Waals surface area contributed by atoms with Gasteiger partial charge in [-0.3, -0.25) is 10.2 Å². The molecule has 0 fully saturated rings. The van der Waals surface area contributed by atoms with E-state index in [0.29, 0.717) is 15.6 Å². The van der Waals surface area contributed by atoms with Crippen LogP contribution < -0.4 is 11.0 Å². The van der Waals surface area contributed by atoms with Crippen molar-refractivity contribution in [3.05, 3.63) is 55.4 Å². The van der Waals surface area contributed by atoms with Crippen molar-refractivity contribution in [3.8, 4) is 0 Å². The Morgan fingerprint density at radius 3 is 2.63 bits per heavy atom. The highest BCUT2D eigenvalue weighted by Gasteiger charge is 2.04. The van der Waals surface area contributed by atoms with E-state index in [1.807, 2.05) is 0 Å². The first-order chi connectivity index (χ1) is 9.09. The van der Waals surface area contributed by atoms with Gasteiger partial charge in [-0.1, -0.05) is 40.9 Å². The molecule has 2 rings (SSSR count). The van der Waals surface area contributed by atoms with Crippen LogP contribution in [0.5, 0.6) is 0 Å². The first kappa shape index (κ1) is 13.9. The number of hydrogen-bond acceptors (Lipinski definition) is 4. The second-order valence-corrected chi connectivity index (χ2v) is 4.62. The third-order valence-corrected chi connectivity index (χ3v) is 3.21. The molecular formula is C11H7Cl3N4O. The molecule has 1 heterocycles. The second-order valence-electron chi connectivity index (χ2n) is 3.43. The molecule has 0 aliphatic rings. The van der Waals surface area contributed by atoms with E-state index in [4.69, 9.17) is 34.8 Å². The Hall–Kier alpha value is -1.56. The number of benzene rings is 1. The summed E-state index contributed by atoms with van der Waals surface area (Å²) in [5.74, 6) is 0. The SMILES string of the molecule is O=c1[nH]ncc(N/N=C/c2c(Cl)cccc2Cl)c1Cl. The first-order valence-corrected chi connectivity index (χ1v) is 6.19. The number of aromatic amines is 1. The number of halogens is 3. The van der Waals surface area contributed by atoms with Crippen molar-refractivity contribution in [1.82, 2.24) is 10.2 Å². The fraction of sp³-hybridized carbons (Fsp3) is 0. The monoisotopic (exact) mass is 316 g/mol. The van der Waals surface area contributed by atoms with Gasteiger partial charge < -0.3 is 0 Å². The molecular weight excluding hydrogens is 311 g/mol. The molecule has 0 amide bonds. The average Bonchev–Trinajstić information content (AvgIpc) is 2.38. The predicted octanol–water partition coefficient (Wildman–Crippen LogP) is 3.18. The van der Waals surface area contributed by atoms with E-state index in [-0.39, 0.29) is 10.7 Å². The quantitative estimate of drug-likeness (QED) is 0.675. The average molecular weight is 318 g/mol. The normalized spacial score (nSPS) is 10.9. The number of anilines is 1. The molecule has 0 unspecified atom stereocenters. The number of nitrogens with zero attached hydrogens (tertiary/aromatic N) is 2. The van der Waals surface area contributed by atoms with Gasteiger partial charge in [0.1, 0.15) is 10.7 Å². The summed E-state index contributed by atoms with van der Waals surface area (Å²) < 4.78 is 0. The van der Waals surface area contributed by atoms with Crippen LogP contribution in [0.25, 0.3) is 0 Å². The van der Waals surface area contributed by atoms with Crippen LogP contribution in [0.4, 0.5) is 5.69 Å². The van der Waals surface area contributed by atoms with E-state index in [1.54, 1.807) is 18.2 Å². The third-order valence-electron chi connectivity index (χ3n) is 2.17. The molecule has 0 bridgehead atoms. The lowest BCUT2D eigenvalue weighted by Gasteiger charge is -2.02. The molecule has 19 heavy (non-hydrogen) atoms. The Bertz CT molecular complexity index is 664. The summed E-state index contributed by atoms with van der Waals surface area (Å²) in [5.41, 5.74) is 2.94. The molecule has 1 aromatic heterocycles. The smallest absolute Gasteiger partial charge is 0.275 e. The molecule has 5 nitrogen and oxygen atoms in total. The maximum absolute atomic E-state index is 11.2. The van der Waals surface area contributed by atoms with Gasteiger partial charge in [-0.2, -0.15) is 10.2 Å². The van der Waals surface area contributed by atoms with Gasteiger partial charge in [-0.15, -0.1) is 0 Å². The van der Waals surface area contributed by atoms with E-state index in [2.05, 4.69) is 20.7 Å². The molecule has 1 aromatic carbocycles. The zero-order valence-electron chi connectivity index (χ0n) is 9.32. The Morgan fingerprint density at radius 1 is 1.26 bits per heavy atom. The fourth-order valence-corrected chi connectivity index (χ4v) is 1.89. The number of H-pyrrole nitrogens is 1. The summed E-state index contributed by atoms with van der Waals surface area (Å²) in [6, 6.07) is 5.11. The Labute approximate surface area is 123 Å². The maximum atomic E-state index is 11.2. The van der Waals surface area contributed by atoms with Crippen LogP contribution >= 0.6 is 34.8 Å². The highest BCUT2D eigenvalue weighted by Crippen LogP contribution is 2.22. The number of hydrazone groups is 1. The van der Waals surface area contributed by atoms with E-state index in [1.165, 1.54) is 12.4 Å². The minimum Gasteiger partial charge on any atom is -0.275 e. The van der Waals surface area contributed by atoms with E-state index in [0.717, 1.165) is 0 Å². The summed E-state index contributed by atoms with van der Waals surface area (Å²) in [5, 5.41) is 10.6.